The molecule has 1 fully saturated rings. The van der Waals surface area contributed by atoms with Crippen molar-refractivity contribution in [2.45, 2.75) is 38.1 Å². The van der Waals surface area contributed by atoms with E-state index >= 15 is 0 Å². The van der Waals surface area contributed by atoms with Gasteiger partial charge in [0.05, 0.1) is 19.3 Å². The zero-order valence-electron chi connectivity index (χ0n) is 15.2. The second-order valence-electron chi connectivity index (χ2n) is 6.98. The Morgan fingerprint density at radius 1 is 1.08 bits per heavy atom. The summed E-state index contributed by atoms with van der Waals surface area (Å²) in [5.41, 5.74) is 2.28. The van der Waals surface area contributed by atoms with Crippen molar-refractivity contribution in [1.29, 1.82) is 0 Å². The quantitative estimate of drug-likeness (QED) is 0.878. The molecule has 6 nitrogen and oxygen atoms in total. The Balaban J connectivity index is 1.47. The summed E-state index contributed by atoms with van der Waals surface area (Å²) in [4.78, 5) is 8.90. The normalized spacial score (nSPS) is 18.8. The lowest BCUT2D eigenvalue weighted by atomic mass is 9.94. The minimum absolute atomic E-state index is 0.114. The van der Waals surface area contributed by atoms with Gasteiger partial charge in [0.2, 0.25) is 0 Å². The van der Waals surface area contributed by atoms with Gasteiger partial charge in [-0.05, 0) is 50.6 Å². The molecule has 0 amide bonds. The van der Waals surface area contributed by atoms with Crippen LogP contribution in [0.4, 0.5) is 5.82 Å². The van der Waals surface area contributed by atoms with Gasteiger partial charge in [0.25, 0.3) is 0 Å². The van der Waals surface area contributed by atoms with Crippen molar-refractivity contribution >= 4 is 5.82 Å². The van der Waals surface area contributed by atoms with Crippen molar-refractivity contribution in [3.05, 3.63) is 41.9 Å². The minimum Gasteiger partial charge on any atom is -0.490 e. The van der Waals surface area contributed by atoms with E-state index in [4.69, 9.17) is 9.47 Å². The van der Waals surface area contributed by atoms with E-state index in [2.05, 4.69) is 45.7 Å². The van der Waals surface area contributed by atoms with Crippen molar-refractivity contribution in [3.8, 4) is 11.5 Å². The van der Waals surface area contributed by atoms with Crippen LogP contribution in [0.3, 0.4) is 0 Å². The third-order valence-electron chi connectivity index (χ3n) is 5.08. The van der Waals surface area contributed by atoms with Gasteiger partial charge >= 0.3 is 0 Å². The molecule has 2 aromatic rings. The highest BCUT2D eigenvalue weighted by Crippen LogP contribution is 2.33. The molecule has 0 aliphatic carbocycles. The summed E-state index contributed by atoms with van der Waals surface area (Å²) in [6, 6.07) is 8.35. The molecule has 138 valence electrons. The lowest BCUT2D eigenvalue weighted by Gasteiger charge is -2.23. The average Bonchev–Trinajstić information content (AvgIpc) is 2.93. The predicted octanol–water partition coefficient (Wildman–Crippen LogP) is 3.28. The number of rotatable bonds is 4. The molecule has 0 radical (unpaired) electrons. The van der Waals surface area contributed by atoms with E-state index in [1.165, 1.54) is 0 Å². The van der Waals surface area contributed by atoms with Crippen LogP contribution in [0.1, 0.15) is 49.4 Å². The lowest BCUT2D eigenvalue weighted by molar-refractivity contribution is 0.297. The number of benzene rings is 1. The minimum atomic E-state index is 0.114. The fourth-order valence-corrected chi connectivity index (χ4v) is 3.55. The molecule has 0 spiro atoms. The van der Waals surface area contributed by atoms with E-state index in [0.717, 1.165) is 60.9 Å². The fraction of sp³-hybridized carbons (Fsp3) is 0.500. The monoisotopic (exact) mass is 354 g/mol. The van der Waals surface area contributed by atoms with E-state index in [-0.39, 0.29) is 6.04 Å². The maximum absolute atomic E-state index is 5.80. The molecule has 0 bridgehead atoms. The number of piperidine rings is 1. The first-order valence-corrected chi connectivity index (χ1v) is 9.48. The van der Waals surface area contributed by atoms with E-state index in [1.807, 2.05) is 6.07 Å². The Kier molecular flexibility index (Phi) is 5.20. The zero-order chi connectivity index (χ0) is 17.8. The van der Waals surface area contributed by atoms with Crippen molar-refractivity contribution in [3.63, 3.8) is 0 Å². The van der Waals surface area contributed by atoms with Crippen LogP contribution in [0.15, 0.2) is 30.6 Å². The summed E-state index contributed by atoms with van der Waals surface area (Å²) in [5, 5.41) is 6.90. The molecule has 6 heteroatoms. The van der Waals surface area contributed by atoms with Gasteiger partial charge in [-0.2, -0.15) is 0 Å². The maximum atomic E-state index is 5.80. The highest BCUT2D eigenvalue weighted by molar-refractivity contribution is 5.46. The van der Waals surface area contributed by atoms with Crippen LogP contribution >= 0.6 is 0 Å². The van der Waals surface area contributed by atoms with Crippen LogP contribution in [-0.4, -0.2) is 36.3 Å². The summed E-state index contributed by atoms with van der Waals surface area (Å²) in [7, 11) is 0. The Morgan fingerprint density at radius 2 is 1.88 bits per heavy atom. The summed E-state index contributed by atoms with van der Waals surface area (Å²) < 4.78 is 11.5. The molecule has 1 aromatic heterocycles. The Morgan fingerprint density at radius 3 is 2.73 bits per heavy atom. The maximum Gasteiger partial charge on any atom is 0.161 e. The number of hydrogen-bond donors (Lipinski definition) is 2. The molecule has 2 aliphatic rings. The second kappa shape index (κ2) is 7.91. The van der Waals surface area contributed by atoms with Gasteiger partial charge in [0.1, 0.15) is 12.1 Å². The van der Waals surface area contributed by atoms with Gasteiger partial charge in [0.15, 0.2) is 11.5 Å². The lowest BCUT2D eigenvalue weighted by Crippen LogP contribution is -2.27. The van der Waals surface area contributed by atoms with Gasteiger partial charge in [-0.15, -0.1) is 0 Å². The number of aromatic nitrogens is 2. The standard InChI is InChI=1S/C20H26N4O2/c1-14(16-3-4-18-19(11-16)26-10-2-9-25-18)24-20-12-17(22-13-23-20)15-5-7-21-8-6-15/h3-4,11-15,21H,2,5-10H2,1H3,(H,22,23,24). The highest BCUT2D eigenvalue weighted by atomic mass is 16.5. The summed E-state index contributed by atoms with van der Waals surface area (Å²) in [6.45, 7) is 5.66. The summed E-state index contributed by atoms with van der Waals surface area (Å²) >= 11 is 0. The van der Waals surface area contributed by atoms with Crippen LogP contribution in [0.2, 0.25) is 0 Å². The Labute approximate surface area is 154 Å². The van der Waals surface area contributed by atoms with Gasteiger partial charge in [0, 0.05) is 24.1 Å². The van der Waals surface area contributed by atoms with E-state index in [1.54, 1.807) is 6.33 Å². The third kappa shape index (κ3) is 3.90. The van der Waals surface area contributed by atoms with Gasteiger partial charge in [-0.1, -0.05) is 6.07 Å². The van der Waals surface area contributed by atoms with Crippen molar-refractivity contribution in [1.82, 2.24) is 15.3 Å². The molecular formula is C20H26N4O2. The van der Waals surface area contributed by atoms with Crippen LogP contribution in [-0.2, 0) is 0 Å². The Hall–Kier alpha value is -2.34. The molecule has 1 aromatic carbocycles. The molecule has 26 heavy (non-hydrogen) atoms. The topological polar surface area (TPSA) is 68.3 Å². The molecule has 4 rings (SSSR count). The molecule has 2 N–H and O–H groups in total. The summed E-state index contributed by atoms with van der Waals surface area (Å²) in [6.07, 6.45) is 4.85. The van der Waals surface area contributed by atoms with Crippen molar-refractivity contribution in [2.75, 3.05) is 31.6 Å². The first-order chi connectivity index (χ1) is 12.8. The smallest absolute Gasteiger partial charge is 0.161 e. The summed E-state index contributed by atoms with van der Waals surface area (Å²) in [5.74, 6) is 3.04. The van der Waals surface area contributed by atoms with Crippen LogP contribution in [0.25, 0.3) is 0 Å². The largest absolute Gasteiger partial charge is 0.490 e. The number of nitrogens with zero attached hydrogens (tertiary/aromatic N) is 2. The van der Waals surface area contributed by atoms with Gasteiger partial charge in [-0.3, -0.25) is 0 Å². The molecular weight excluding hydrogens is 328 g/mol. The number of anilines is 1. The number of nitrogens with one attached hydrogen (secondary N) is 2. The highest BCUT2D eigenvalue weighted by Gasteiger charge is 2.18. The SMILES string of the molecule is CC(Nc1cc(C2CCNCC2)ncn1)c1ccc2c(c1)OCCCO2. The van der Waals surface area contributed by atoms with E-state index in [0.29, 0.717) is 19.1 Å². The fourth-order valence-electron chi connectivity index (χ4n) is 3.55. The van der Waals surface area contributed by atoms with Crippen LogP contribution in [0.5, 0.6) is 11.5 Å². The van der Waals surface area contributed by atoms with Crippen molar-refractivity contribution in [2.24, 2.45) is 0 Å². The molecule has 1 atom stereocenters. The first-order valence-electron chi connectivity index (χ1n) is 9.48. The van der Waals surface area contributed by atoms with Crippen LogP contribution < -0.4 is 20.1 Å². The average molecular weight is 354 g/mol. The Bertz CT molecular complexity index is 746. The number of ether oxygens (including phenoxy) is 2. The third-order valence-corrected chi connectivity index (χ3v) is 5.08. The molecule has 1 saturated heterocycles. The number of fused-ring (bicyclic) bond motifs is 1. The number of hydrogen-bond acceptors (Lipinski definition) is 6. The molecule has 0 saturated carbocycles. The predicted molar refractivity (Wildman–Crippen MR) is 101 cm³/mol. The molecule has 1 unspecified atom stereocenters. The van der Waals surface area contributed by atoms with Crippen LogP contribution in [0, 0.1) is 0 Å². The van der Waals surface area contributed by atoms with Gasteiger partial charge in [-0.25, -0.2) is 9.97 Å². The van der Waals surface area contributed by atoms with Crippen molar-refractivity contribution < 1.29 is 9.47 Å². The second-order valence-corrected chi connectivity index (χ2v) is 6.98. The first kappa shape index (κ1) is 17.1. The zero-order valence-corrected chi connectivity index (χ0v) is 15.2. The molecule has 2 aliphatic heterocycles. The van der Waals surface area contributed by atoms with Gasteiger partial charge < -0.3 is 20.1 Å². The van der Waals surface area contributed by atoms with E-state index < -0.39 is 0 Å². The molecule has 3 heterocycles. The van der Waals surface area contributed by atoms with E-state index in [9.17, 15) is 0 Å².